The number of likely N-dealkylation sites (N-methyl/N-ethyl adjacent to an activating group) is 1. The van der Waals surface area contributed by atoms with Gasteiger partial charge in [-0.1, -0.05) is 6.07 Å². The van der Waals surface area contributed by atoms with Gasteiger partial charge in [-0.25, -0.2) is 8.42 Å². The van der Waals surface area contributed by atoms with E-state index < -0.39 is 10.0 Å². The van der Waals surface area contributed by atoms with Crippen LogP contribution in [0.5, 0.6) is 0 Å². The maximum atomic E-state index is 13.5. The number of aryl methyl sites for hydroxylation is 3. The number of hydrogen-bond acceptors (Lipinski definition) is 5. The van der Waals surface area contributed by atoms with Crippen LogP contribution < -0.4 is 14.9 Å². The van der Waals surface area contributed by atoms with Crippen LogP contribution >= 0.6 is 0 Å². The zero-order chi connectivity index (χ0) is 22.3. The second-order valence-corrected chi connectivity index (χ2v) is 10.4. The van der Waals surface area contributed by atoms with Crippen molar-refractivity contribution < 1.29 is 13.2 Å². The van der Waals surface area contributed by atoms with Gasteiger partial charge < -0.3 is 15.1 Å². The van der Waals surface area contributed by atoms with Gasteiger partial charge in [-0.3, -0.25) is 9.52 Å². The predicted molar refractivity (Wildman–Crippen MR) is 124 cm³/mol. The Balaban J connectivity index is 1.76. The fraction of sp³-hybridized carbons (Fsp3) is 0.435. The monoisotopic (exact) mass is 442 g/mol. The first kappa shape index (κ1) is 21.6. The minimum Gasteiger partial charge on any atom is -0.369 e. The summed E-state index contributed by atoms with van der Waals surface area (Å²) in [4.78, 5) is 16.5. The van der Waals surface area contributed by atoms with Gasteiger partial charge in [0.1, 0.15) is 4.90 Å². The summed E-state index contributed by atoms with van der Waals surface area (Å²) in [6, 6.07) is 9.47. The van der Waals surface area contributed by atoms with E-state index in [4.69, 9.17) is 0 Å². The van der Waals surface area contributed by atoms with Crippen molar-refractivity contribution in [3.8, 4) is 0 Å². The number of amides is 1. The zero-order valence-corrected chi connectivity index (χ0v) is 19.3. The number of sulfonamides is 1. The van der Waals surface area contributed by atoms with Crippen molar-refractivity contribution in [1.29, 1.82) is 0 Å². The van der Waals surface area contributed by atoms with Crippen LogP contribution in [0.1, 0.15) is 29.5 Å². The summed E-state index contributed by atoms with van der Waals surface area (Å²) in [5.74, 6) is -0.0325. The summed E-state index contributed by atoms with van der Waals surface area (Å²) in [7, 11) is 0.270. The molecule has 0 radical (unpaired) electrons. The lowest BCUT2D eigenvalue weighted by Crippen LogP contribution is -2.32. The number of nitrogens with one attached hydrogen (secondary N) is 2. The summed E-state index contributed by atoms with van der Waals surface area (Å²) in [6.45, 7) is 5.47. The molecule has 0 bridgehead atoms. The van der Waals surface area contributed by atoms with E-state index in [1.54, 1.807) is 12.1 Å². The molecule has 31 heavy (non-hydrogen) atoms. The van der Waals surface area contributed by atoms with Gasteiger partial charge in [-0.15, -0.1) is 0 Å². The average molecular weight is 443 g/mol. The summed E-state index contributed by atoms with van der Waals surface area (Å²) >= 11 is 0. The van der Waals surface area contributed by atoms with Crippen molar-refractivity contribution in [1.82, 2.24) is 4.90 Å². The summed E-state index contributed by atoms with van der Waals surface area (Å²) in [5.41, 5.74) is 4.90. The molecule has 4 rings (SSSR count). The van der Waals surface area contributed by atoms with Gasteiger partial charge in [0.15, 0.2) is 0 Å². The van der Waals surface area contributed by atoms with Crippen LogP contribution in [0.2, 0.25) is 0 Å². The molecule has 1 amide bonds. The number of carbonyl (C=O) groups is 1. The number of fused-ring (bicyclic) bond motifs is 1. The number of hydrogen-bond donors (Lipinski definition) is 2. The van der Waals surface area contributed by atoms with E-state index in [0.29, 0.717) is 35.9 Å². The van der Waals surface area contributed by atoms with Crippen molar-refractivity contribution in [2.24, 2.45) is 0 Å². The Morgan fingerprint density at radius 2 is 1.87 bits per heavy atom. The van der Waals surface area contributed by atoms with Crippen LogP contribution in [0.25, 0.3) is 0 Å². The van der Waals surface area contributed by atoms with Gasteiger partial charge in [0.25, 0.3) is 10.0 Å². The number of rotatable bonds is 5. The molecule has 2 N–H and O–H groups in total. The molecule has 0 saturated carbocycles. The molecule has 166 valence electrons. The molecule has 2 aliphatic rings. The van der Waals surface area contributed by atoms with Crippen molar-refractivity contribution in [2.75, 3.05) is 42.1 Å². The van der Waals surface area contributed by atoms with E-state index >= 15 is 0 Å². The van der Waals surface area contributed by atoms with Gasteiger partial charge in [0, 0.05) is 36.9 Å². The van der Waals surface area contributed by atoms with Crippen molar-refractivity contribution in [2.45, 2.75) is 44.0 Å². The highest BCUT2D eigenvalue weighted by Gasteiger charge is 2.31. The number of benzene rings is 2. The molecule has 2 heterocycles. The van der Waals surface area contributed by atoms with Crippen molar-refractivity contribution >= 4 is 33.0 Å². The van der Waals surface area contributed by atoms with E-state index in [1.807, 2.05) is 46.1 Å². The maximum Gasteiger partial charge on any atom is 0.263 e. The van der Waals surface area contributed by atoms with Crippen LogP contribution in [0.15, 0.2) is 35.2 Å². The van der Waals surface area contributed by atoms with E-state index in [2.05, 4.69) is 19.8 Å². The van der Waals surface area contributed by atoms with E-state index in [0.717, 1.165) is 36.2 Å². The van der Waals surface area contributed by atoms with Crippen molar-refractivity contribution in [3.05, 3.63) is 47.0 Å². The molecule has 0 aliphatic carbocycles. The minimum atomic E-state index is -3.81. The number of anilines is 3. The van der Waals surface area contributed by atoms with Gasteiger partial charge in [0.2, 0.25) is 5.91 Å². The quantitative estimate of drug-likeness (QED) is 0.744. The molecular formula is C23H30N4O3S. The molecule has 2 aromatic rings. The largest absolute Gasteiger partial charge is 0.369 e. The third-order valence-corrected chi connectivity index (χ3v) is 7.77. The lowest BCUT2D eigenvalue weighted by molar-refractivity contribution is -0.116. The molecular weight excluding hydrogens is 412 g/mol. The third-order valence-electron chi connectivity index (χ3n) is 6.36. The fourth-order valence-corrected chi connectivity index (χ4v) is 5.56. The predicted octanol–water partition coefficient (Wildman–Crippen LogP) is 3.13. The molecule has 1 atom stereocenters. The Labute approximate surface area is 184 Å². The Morgan fingerprint density at radius 1 is 1.10 bits per heavy atom. The molecule has 2 aliphatic heterocycles. The second kappa shape index (κ2) is 8.16. The summed E-state index contributed by atoms with van der Waals surface area (Å²) in [5, 5.41) is 2.91. The van der Waals surface area contributed by atoms with Crippen molar-refractivity contribution in [3.63, 3.8) is 0 Å². The van der Waals surface area contributed by atoms with Gasteiger partial charge >= 0.3 is 0 Å². The maximum absolute atomic E-state index is 13.5. The van der Waals surface area contributed by atoms with Crippen LogP contribution in [-0.2, 0) is 21.2 Å². The lowest BCUT2D eigenvalue weighted by atomic mass is 10.0. The highest BCUT2D eigenvalue weighted by molar-refractivity contribution is 7.92. The zero-order valence-electron chi connectivity index (χ0n) is 18.5. The molecule has 0 spiro atoms. The topological polar surface area (TPSA) is 81.8 Å². The Bertz CT molecular complexity index is 1130. The SMILES string of the molecule is Cc1ccc(NS(=O)(=O)c2cc3c(cc2N2CCC(N(C)C)C2)NC(=O)CC3)cc1C. The van der Waals surface area contributed by atoms with E-state index in [9.17, 15) is 13.2 Å². The van der Waals surface area contributed by atoms with Crippen LogP contribution in [-0.4, -0.2) is 52.5 Å². The molecule has 2 aromatic carbocycles. The van der Waals surface area contributed by atoms with Crippen LogP contribution in [0, 0.1) is 13.8 Å². The summed E-state index contributed by atoms with van der Waals surface area (Å²) < 4.78 is 29.8. The Morgan fingerprint density at radius 3 is 2.55 bits per heavy atom. The van der Waals surface area contributed by atoms with Gasteiger partial charge in [-0.05, 0) is 81.7 Å². The lowest BCUT2D eigenvalue weighted by Gasteiger charge is -2.27. The summed E-state index contributed by atoms with van der Waals surface area (Å²) in [6.07, 6.45) is 1.86. The standard InChI is InChI=1S/C23H30N4O3S/c1-15-5-7-18(11-16(15)2)25-31(29,30)22-12-17-6-8-23(28)24-20(17)13-21(22)27-10-9-19(14-27)26(3)4/h5,7,11-13,19,25H,6,8-10,14H2,1-4H3,(H,24,28). The molecule has 8 heteroatoms. The third kappa shape index (κ3) is 4.41. The first-order chi connectivity index (χ1) is 14.6. The second-order valence-electron chi connectivity index (χ2n) is 8.78. The van der Waals surface area contributed by atoms with Crippen LogP contribution in [0.3, 0.4) is 0 Å². The first-order valence-electron chi connectivity index (χ1n) is 10.6. The molecule has 0 aromatic heterocycles. The molecule has 1 unspecified atom stereocenters. The van der Waals surface area contributed by atoms with Crippen LogP contribution in [0.4, 0.5) is 17.1 Å². The first-order valence-corrected chi connectivity index (χ1v) is 12.1. The van der Waals surface area contributed by atoms with Gasteiger partial charge in [0.05, 0.1) is 5.69 Å². The highest BCUT2D eigenvalue weighted by atomic mass is 32.2. The molecule has 7 nitrogen and oxygen atoms in total. The van der Waals surface area contributed by atoms with Gasteiger partial charge in [-0.2, -0.15) is 0 Å². The molecule has 1 saturated heterocycles. The van der Waals surface area contributed by atoms with E-state index in [1.165, 1.54) is 0 Å². The minimum absolute atomic E-state index is 0.0325. The highest BCUT2D eigenvalue weighted by Crippen LogP contribution is 2.37. The Kier molecular flexibility index (Phi) is 5.70. The fourth-order valence-electron chi connectivity index (χ4n) is 4.25. The number of nitrogens with zero attached hydrogens (tertiary/aromatic N) is 2. The molecule has 1 fully saturated rings. The van der Waals surface area contributed by atoms with E-state index in [-0.39, 0.29) is 10.8 Å². The Hall–Kier alpha value is -2.58. The smallest absolute Gasteiger partial charge is 0.263 e. The average Bonchev–Trinajstić information content (AvgIpc) is 3.20. The normalized spacial score (nSPS) is 18.8. The number of carbonyl (C=O) groups excluding carboxylic acids is 1.